The molecule has 2 rings (SSSR count). The van der Waals surface area contributed by atoms with E-state index >= 15 is 0 Å². The van der Waals surface area contributed by atoms with Crippen molar-refractivity contribution in [2.24, 2.45) is 11.8 Å². The van der Waals surface area contributed by atoms with E-state index in [0.29, 0.717) is 6.04 Å². The molecule has 2 heteroatoms. The molecule has 0 spiro atoms. The lowest BCUT2D eigenvalue weighted by Gasteiger charge is -2.33. The lowest BCUT2D eigenvalue weighted by Crippen LogP contribution is -2.38. The van der Waals surface area contributed by atoms with Gasteiger partial charge in [0.2, 0.25) is 0 Å². The molecule has 1 N–H and O–H groups in total. The van der Waals surface area contributed by atoms with Crippen LogP contribution in [0.4, 0.5) is 0 Å². The van der Waals surface area contributed by atoms with Gasteiger partial charge < -0.3 is 5.32 Å². The molecule has 3 atom stereocenters. The maximum atomic E-state index is 3.55. The van der Waals surface area contributed by atoms with E-state index in [1.807, 2.05) is 11.8 Å². The van der Waals surface area contributed by atoms with Crippen LogP contribution in [0.25, 0.3) is 0 Å². The minimum absolute atomic E-state index is 0.661. The fourth-order valence-electron chi connectivity index (χ4n) is 3.12. The Labute approximate surface area is 122 Å². The zero-order chi connectivity index (χ0) is 13.7. The maximum absolute atomic E-state index is 3.55. The smallest absolute Gasteiger partial charge is 0.0187 e. The van der Waals surface area contributed by atoms with Crippen LogP contribution in [-0.2, 0) is 0 Å². The van der Waals surface area contributed by atoms with Gasteiger partial charge in [0, 0.05) is 16.7 Å². The lowest BCUT2D eigenvalue weighted by molar-refractivity contribution is 0.240. The molecule has 0 bridgehead atoms. The molecule has 1 aliphatic rings. The van der Waals surface area contributed by atoms with Crippen LogP contribution < -0.4 is 5.32 Å². The summed E-state index contributed by atoms with van der Waals surface area (Å²) in [6.45, 7) is 4.56. The maximum Gasteiger partial charge on any atom is 0.0187 e. The Kier molecular flexibility index (Phi) is 5.77. The molecule has 1 nitrogen and oxygen atoms in total. The molecule has 0 saturated heterocycles. The van der Waals surface area contributed by atoms with Crippen LogP contribution in [0.15, 0.2) is 29.2 Å². The summed E-state index contributed by atoms with van der Waals surface area (Å²) in [6, 6.07) is 9.57. The standard InChI is InChI=1S/C17H27NS/c1-13-7-9-16(10-8-13)19-12-17(18-3)15-6-4-5-14(2)11-15/h7-10,14-15,17-18H,4-6,11-12H2,1-3H3. The quantitative estimate of drug-likeness (QED) is 0.795. The Morgan fingerprint density at radius 2 is 2.00 bits per heavy atom. The Morgan fingerprint density at radius 3 is 2.63 bits per heavy atom. The van der Waals surface area contributed by atoms with E-state index in [1.165, 1.54) is 41.9 Å². The van der Waals surface area contributed by atoms with Gasteiger partial charge in [0.25, 0.3) is 0 Å². The van der Waals surface area contributed by atoms with Gasteiger partial charge in [0.05, 0.1) is 0 Å². The first-order valence-corrected chi connectivity index (χ1v) is 8.54. The van der Waals surface area contributed by atoms with Crippen molar-refractivity contribution in [2.75, 3.05) is 12.8 Å². The number of nitrogens with one attached hydrogen (secondary N) is 1. The van der Waals surface area contributed by atoms with Gasteiger partial charge in [-0.2, -0.15) is 0 Å². The Morgan fingerprint density at radius 1 is 1.26 bits per heavy atom. The molecule has 1 fully saturated rings. The van der Waals surface area contributed by atoms with E-state index in [0.717, 1.165) is 11.8 Å². The molecule has 106 valence electrons. The normalized spacial score (nSPS) is 25.2. The third kappa shape index (κ3) is 4.54. The predicted octanol–water partition coefficient (Wildman–Crippen LogP) is 4.50. The summed E-state index contributed by atoms with van der Waals surface area (Å²) in [5.74, 6) is 2.97. The highest BCUT2D eigenvalue weighted by Crippen LogP contribution is 2.32. The molecule has 19 heavy (non-hydrogen) atoms. The molecule has 1 saturated carbocycles. The van der Waals surface area contributed by atoms with Crippen molar-refractivity contribution in [3.05, 3.63) is 29.8 Å². The number of thioether (sulfide) groups is 1. The summed E-state index contributed by atoms with van der Waals surface area (Å²) in [7, 11) is 2.12. The summed E-state index contributed by atoms with van der Waals surface area (Å²) in [5.41, 5.74) is 1.34. The molecule has 0 heterocycles. The largest absolute Gasteiger partial charge is 0.316 e. The van der Waals surface area contributed by atoms with Crippen LogP contribution >= 0.6 is 11.8 Å². The van der Waals surface area contributed by atoms with Crippen LogP contribution in [0, 0.1) is 18.8 Å². The van der Waals surface area contributed by atoms with E-state index in [9.17, 15) is 0 Å². The lowest BCUT2D eigenvalue weighted by atomic mass is 9.79. The van der Waals surface area contributed by atoms with Crippen LogP contribution in [0.2, 0.25) is 0 Å². The molecular weight excluding hydrogens is 250 g/mol. The summed E-state index contributed by atoms with van der Waals surface area (Å²) < 4.78 is 0. The zero-order valence-electron chi connectivity index (χ0n) is 12.5. The molecule has 0 aromatic heterocycles. The second-order valence-corrected chi connectivity index (χ2v) is 7.14. The van der Waals surface area contributed by atoms with Crippen molar-refractivity contribution < 1.29 is 0 Å². The van der Waals surface area contributed by atoms with Crippen molar-refractivity contribution in [3.8, 4) is 0 Å². The van der Waals surface area contributed by atoms with E-state index in [1.54, 1.807) is 0 Å². The molecule has 1 aromatic carbocycles. The Hall–Kier alpha value is -0.470. The van der Waals surface area contributed by atoms with Crippen molar-refractivity contribution in [1.82, 2.24) is 5.32 Å². The first-order chi connectivity index (χ1) is 9.19. The Bertz CT molecular complexity index is 373. The predicted molar refractivity (Wildman–Crippen MR) is 85.9 cm³/mol. The molecular formula is C17H27NS. The number of benzene rings is 1. The third-order valence-electron chi connectivity index (χ3n) is 4.37. The topological polar surface area (TPSA) is 12.0 Å². The fraction of sp³-hybridized carbons (Fsp3) is 0.647. The van der Waals surface area contributed by atoms with Crippen molar-refractivity contribution in [2.45, 2.75) is 50.5 Å². The van der Waals surface area contributed by atoms with Crippen LogP contribution in [0.3, 0.4) is 0 Å². The summed E-state index contributed by atoms with van der Waals surface area (Å²) in [4.78, 5) is 1.40. The Balaban J connectivity index is 1.86. The minimum Gasteiger partial charge on any atom is -0.316 e. The number of hydrogen-bond acceptors (Lipinski definition) is 2. The highest BCUT2D eigenvalue weighted by atomic mass is 32.2. The van der Waals surface area contributed by atoms with E-state index in [4.69, 9.17) is 0 Å². The third-order valence-corrected chi connectivity index (χ3v) is 5.50. The fourth-order valence-corrected chi connectivity index (χ4v) is 4.26. The number of rotatable bonds is 5. The molecule has 1 aliphatic carbocycles. The molecule has 0 amide bonds. The van der Waals surface area contributed by atoms with Gasteiger partial charge in [-0.15, -0.1) is 11.8 Å². The molecule has 0 radical (unpaired) electrons. The SMILES string of the molecule is CNC(CSc1ccc(C)cc1)C1CCCC(C)C1. The average Bonchev–Trinajstić information content (AvgIpc) is 2.42. The van der Waals surface area contributed by atoms with Gasteiger partial charge in [-0.25, -0.2) is 0 Å². The van der Waals surface area contributed by atoms with Crippen LogP contribution in [0.5, 0.6) is 0 Å². The van der Waals surface area contributed by atoms with Crippen molar-refractivity contribution in [1.29, 1.82) is 0 Å². The monoisotopic (exact) mass is 277 g/mol. The summed E-state index contributed by atoms with van der Waals surface area (Å²) in [6.07, 6.45) is 5.65. The van der Waals surface area contributed by atoms with E-state index in [2.05, 4.69) is 50.5 Å². The molecule has 0 aliphatic heterocycles. The first kappa shape index (κ1) is 14.9. The van der Waals surface area contributed by atoms with E-state index in [-0.39, 0.29) is 0 Å². The number of hydrogen-bond donors (Lipinski definition) is 1. The van der Waals surface area contributed by atoms with E-state index < -0.39 is 0 Å². The first-order valence-electron chi connectivity index (χ1n) is 7.55. The van der Waals surface area contributed by atoms with Gasteiger partial charge in [-0.1, -0.05) is 37.5 Å². The van der Waals surface area contributed by atoms with Gasteiger partial charge in [0.1, 0.15) is 0 Å². The zero-order valence-corrected chi connectivity index (χ0v) is 13.3. The van der Waals surface area contributed by atoms with Crippen molar-refractivity contribution in [3.63, 3.8) is 0 Å². The molecule has 3 unspecified atom stereocenters. The highest BCUT2D eigenvalue weighted by Gasteiger charge is 2.25. The average molecular weight is 277 g/mol. The summed E-state index contributed by atoms with van der Waals surface area (Å²) in [5, 5.41) is 3.55. The highest BCUT2D eigenvalue weighted by molar-refractivity contribution is 7.99. The van der Waals surface area contributed by atoms with Gasteiger partial charge in [0.15, 0.2) is 0 Å². The van der Waals surface area contributed by atoms with Gasteiger partial charge >= 0.3 is 0 Å². The number of aryl methyl sites for hydroxylation is 1. The second kappa shape index (κ2) is 7.35. The van der Waals surface area contributed by atoms with Gasteiger partial charge in [-0.3, -0.25) is 0 Å². The summed E-state index contributed by atoms with van der Waals surface area (Å²) >= 11 is 1.99. The van der Waals surface area contributed by atoms with Crippen LogP contribution in [0.1, 0.15) is 38.2 Å². The molecule has 1 aromatic rings. The minimum atomic E-state index is 0.661. The second-order valence-electron chi connectivity index (χ2n) is 6.05. The van der Waals surface area contributed by atoms with Gasteiger partial charge in [-0.05, 0) is 50.8 Å². The van der Waals surface area contributed by atoms with Crippen molar-refractivity contribution >= 4 is 11.8 Å². The van der Waals surface area contributed by atoms with Crippen LogP contribution in [-0.4, -0.2) is 18.8 Å².